The number of hydrogen-bond donors (Lipinski definition) is 2. The van der Waals surface area contributed by atoms with E-state index in [0.717, 1.165) is 18.4 Å². The summed E-state index contributed by atoms with van der Waals surface area (Å²) < 4.78 is 5.40. The standard InChI is InChI=1S/C17H34N2O3/c1-12(2)14-9-15(10-14)18-7-8-19(11-13(3)20)16(21)22-17(4,5)6/h12-15,18,20H,7-11H2,1-6H3. The van der Waals surface area contributed by atoms with Crippen LogP contribution in [0.15, 0.2) is 0 Å². The van der Waals surface area contributed by atoms with Gasteiger partial charge in [-0.25, -0.2) is 4.79 Å². The molecule has 0 bridgehead atoms. The third kappa shape index (κ3) is 6.97. The number of aliphatic hydroxyl groups excluding tert-OH is 1. The quantitative estimate of drug-likeness (QED) is 0.758. The number of carbonyl (C=O) groups excluding carboxylic acids is 1. The Bertz CT molecular complexity index is 344. The zero-order chi connectivity index (χ0) is 16.9. The lowest BCUT2D eigenvalue weighted by molar-refractivity contribution is 0.0159. The van der Waals surface area contributed by atoms with Gasteiger partial charge in [0.25, 0.3) is 0 Å². The Labute approximate surface area is 135 Å². The van der Waals surface area contributed by atoms with Crippen LogP contribution in [0.3, 0.4) is 0 Å². The minimum atomic E-state index is -0.554. The molecule has 1 saturated carbocycles. The molecule has 1 fully saturated rings. The van der Waals surface area contributed by atoms with E-state index in [0.29, 0.717) is 19.1 Å². The summed E-state index contributed by atoms with van der Waals surface area (Å²) >= 11 is 0. The normalized spacial score (nSPS) is 23.1. The van der Waals surface area contributed by atoms with Crippen molar-refractivity contribution in [2.24, 2.45) is 11.8 Å². The molecule has 0 spiro atoms. The SMILES string of the molecule is CC(O)CN(CCNC1CC(C(C)C)C1)C(=O)OC(C)(C)C. The molecule has 130 valence electrons. The number of amides is 1. The van der Waals surface area contributed by atoms with E-state index in [-0.39, 0.29) is 6.09 Å². The summed E-state index contributed by atoms with van der Waals surface area (Å²) in [6.45, 7) is 13.4. The van der Waals surface area contributed by atoms with E-state index >= 15 is 0 Å². The van der Waals surface area contributed by atoms with Crippen LogP contribution in [0, 0.1) is 11.8 Å². The Morgan fingerprint density at radius 2 is 1.91 bits per heavy atom. The van der Waals surface area contributed by atoms with Crippen LogP contribution < -0.4 is 5.32 Å². The molecule has 1 aliphatic carbocycles. The minimum absolute atomic E-state index is 0.301. The fraction of sp³-hybridized carbons (Fsp3) is 0.941. The number of nitrogens with one attached hydrogen (secondary N) is 1. The second-order valence-electron chi connectivity index (χ2n) is 7.90. The molecule has 1 aliphatic rings. The summed E-state index contributed by atoms with van der Waals surface area (Å²) in [4.78, 5) is 13.7. The first-order valence-electron chi connectivity index (χ1n) is 8.48. The Morgan fingerprint density at radius 3 is 2.36 bits per heavy atom. The van der Waals surface area contributed by atoms with E-state index < -0.39 is 11.7 Å². The molecular formula is C17H34N2O3. The largest absolute Gasteiger partial charge is 0.444 e. The van der Waals surface area contributed by atoms with Gasteiger partial charge in [-0.3, -0.25) is 0 Å². The molecule has 5 heteroatoms. The van der Waals surface area contributed by atoms with Gasteiger partial charge in [-0.1, -0.05) is 13.8 Å². The maximum Gasteiger partial charge on any atom is 0.410 e. The minimum Gasteiger partial charge on any atom is -0.444 e. The molecule has 0 aromatic rings. The molecule has 0 aromatic carbocycles. The second-order valence-corrected chi connectivity index (χ2v) is 7.90. The van der Waals surface area contributed by atoms with Gasteiger partial charge in [-0.15, -0.1) is 0 Å². The van der Waals surface area contributed by atoms with E-state index in [2.05, 4.69) is 19.2 Å². The Balaban J connectivity index is 2.34. The van der Waals surface area contributed by atoms with E-state index in [1.165, 1.54) is 12.8 Å². The highest BCUT2D eigenvalue weighted by molar-refractivity contribution is 5.68. The average Bonchev–Trinajstić information content (AvgIpc) is 2.26. The van der Waals surface area contributed by atoms with Crippen LogP contribution in [0.2, 0.25) is 0 Å². The molecule has 0 radical (unpaired) electrons. The van der Waals surface area contributed by atoms with Gasteiger partial charge < -0.3 is 20.1 Å². The van der Waals surface area contributed by atoms with Gasteiger partial charge in [0.05, 0.1) is 6.10 Å². The lowest BCUT2D eigenvalue weighted by Crippen LogP contribution is -2.48. The molecule has 2 N–H and O–H groups in total. The first-order chi connectivity index (χ1) is 10.1. The van der Waals surface area contributed by atoms with Gasteiger partial charge in [-0.05, 0) is 52.4 Å². The van der Waals surface area contributed by atoms with Crippen molar-refractivity contribution in [1.29, 1.82) is 0 Å². The van der Waals surface area contributed by atoms with Crippen molar-refractivity contribution < 1.29 is 14.6 Å². The van der Waals surface area contributed by atoms with Crippen LogP contribution >= 0.6 is 0 Å². The summed E-state index contributed by atoms with van der Waals surface area (Å²) in [5.41, 5.74) is -0.514. The number of rotatable bonds is 7. The Hall–Kier alpha value is -0.810. The molecule has 1 atom stereocenters. The highest BCUT2D eigenvalue weighted by Crippen LogP contribution is 2.33. The molecular weight excluding hydrogens is 280 g/mol. The van der Waals surface area contributed by atoms with Crippen LogP contribution in [0.5, 0.6) is 0 Å². The van der Waals surface area contributed by atoms with Crippen LogP contribution in [0.4, 0.5) is 4.79 Å². The predicted molar refractivity (Wildman–Crippen MR) is 88.8 cm³/mol. The number of hydrogen-bond acceptors (Lipinski definition) is 4. The fourth-order valence-corrected chi connectivity index (χ4v) is 2.68. The van der Waals surface area contributed by atoms with Crippen molar-refractivity contribution in [3.05, 3.63) is 0 Å². The van der Waals surface area contributed by atoms with Crippen molar-refractivity contribution in [3.63, 3.8) is 0 Å². The summed E-state index contributed by atoms with van der Waals surface area (Å²) in [6, 6.07) is 0.569. The summed E-state index contributed by atoms with van der Waals surface area (Å²) in [5, 5.41) is 13.1. The van der Waals surface area contributed by atoms with Crippen LogP contribution in [-0.2, 0) is 4.74 Å². The van der Waals surface area contributed by atoms with Gasteiger partial charge >= 0.3 is 6.09 Å². The highest BCUT2D eigenvalue weighted by Gasteiger charge is 2.31. The lowest BCUT2D eigenvalue weighted by atomic mass is 9.74. The fourth-order valence-electron chi connectivity index (χ4n) is 2.68. The highest BCUT2D eigenvalue weighted by atomic mass is 16.6. The summed E-state index contributed by atoms with van der Waals surface area (Å²) in [7, 11) is 0. The molecule has 0 aromatic heterocycles. The van der Waals surface area contributed by atoms with Crippen molar-refractivity contribution in [1.82, 2.24) is 10.2 Å². The third-order valence-corrected chi connectivity index (χ3v) is 4.07. The number of aliphatic hydroxyl groups is 1. The number of nitrogens with zero attached hydrogens (tertiary/aromatic N) is 1. The monoisotopic (exact) mass is 314 g/mol. The zero-order valence-electron chi connectivity index (χ0n) is 15.1. The zero-order valence-corrected chi connectivity index (χ0v) is 15.1. The Morgan fingerprint density at radius 1 is 1.32 bits per heavy atom. The number of carbonyl (C=O) groups is 1. The second kappa shape index (κ2) is 8.16. The molecule has 22 heavy (non-hydrogen) atoms. The van der Waals surface area contributed by atoms with Gasteiger partial charge in [0.1, 0.15) is 5.60 Å². The molecule has 5 nitrogen and oxygen atoms in total. The average molecular weight is 314 g/mol. The van der Waals surface area contributed by atoms with Crippen LogP contribution in [0.1, 0.15) is 54.4 Å². The molecule has 1 unspecified atom stereocenters. The van der Waals surface area contributed by atoms with Crippen molar-refractivity contribution >= 4 is 6.09 Å². The lowest BCUT2D eigenvalue weighted by Gasteiger charge is -2.39. The van der Waals surface area contributed by atoms with Gasteiger partial charge in [0, 0.05) is 25.7 Å². The van der Waals surface area contributed by atoms with E-state index in [4.69, 9.17) is 4.74 Å². The first-order valence-corrected chi connectivity index (χ1v) is 8.48. The van der Waals surface area contributed by atoms with E-state index in [1.54, 1.807) is 11.8 Å². The molecule has 0 aliphatic heterocycles. The van der Waals surface area contributed by atoms with Crippen molar-refractivity contribution in [2.45, 2.75) is 72.1 Å². The predicted octanol–water partition coefficient (Wildman–Crippen LogP) is 2.63. The molecule has 0 saturated heterocycles. The molecule has 1 rings (SSSR count). The summed E-state index contributed by atoms with van der Waals surface area (Å²) in [5.74, 6) is 1.59. The maximum absolute atomic E-state index is 12.2. The molecule has 1 amide bonds. The topological polar surface area (TPSA) is 61.8 Å². The van der Waals surface area contributed by atoms with Gasteiger partial charge in [-0.2, -0.15) is 0 Å². The number of ether oxygens (including phenoxy) is 1. The van der Waals surface area contributed by atoms with E-state index in [1.807, 2.05) is 20.8 Å². The molecule has 0 heterocycles. The van der Waals surface area contributed by atoms with Crippen molar-refractivity contribution in [3.8, 4) is 0 Å². The third-order valence-electron chi connectivity index (χ3n) is 4.07. The summed E-state index contributed by atoms with van der Waals surface area (Å²) in [6.07, 6.45) is 1.53. The van der Waals surface area contributed by atoms with Crippen LogP contribution in [0.25, 0.3) is 0 Å². The maximum atomic E-state index is 12.2. The van der Waals surface area contributed by atoms with Gasteiger partial charge in [0.15, 0.2) is 0 Å². The van der Waals surface area contributed by atoms with Crippen LogP contribution in [-0.4, -0.2) is 53.5 Å². The Kier molecular flexibility index (Phi) is 7.13. The first kappa shape index (κ1) is 19.2. The van der Waals surface area contributed by atoms with Gasteiger partial charge in [0.2, 0.25) is 0 Å². The van der Waals surface area contributed by atoms with Crippen molar-refractivity contribution in [2.75, 3.05) is 19.6 Å². The van der Waals surface area contributed by atoms with E-state index in [9.17, 15) is 9.90 Å². The smallest absolute Gasteiger partial charge is 0.410 e.